The fraction of sp³-hybridized carbons (Fsp3) is 0.467. The smallest absolute Gasteiger partial charge is 0.315 e. The standard InChI is InChI=1S/C15H22ClN3O2/c1-11(14(20)19(2)3)18-15(21)17-10-4-5-12-6-8-13(16)9-7-12/h6-9,11H,4-5,10H2,1-3H3,(H2,17,18,21)/t11-/m0/s1. The lowest BCUT2D eigenvalue weighted by atomic mass is 10.1. The maximum atomic E-state index is 11.6. The number of rotatable bonds is 6. The monoisotopic (exact) mass is 311 g/mol. The van der Waals surface area contributed by atoms with Crippen LogP contribution in [0.2, 0.25) is 5.02 Å². The van der Waals surface area contributed by atoms with E-state index >= 15 is 0 Å². The van der Waals surface area contributed by atoms with Crippen molar-refractivity contribution in [2.75, 3.05) is 20.6 Å². The molecule has 0 spiro atoms. The first kappa shape index (κ1) is 17.3. The molecule has 0 radical (unpaired) electrons. The van der Waals surface area contributed by atoms with Gasteiger partial charge in [0.1, 0.15) is 6.04 Å². The Morgan fingerprint density at radius 2 is 1.86 bits per heavy atom. The van der Waals surface area contributed by atoms with E-state index in [9.17, 15) is 9.59 Å². The van der Waals surface area contributed by atoms with Crippen LogP contribution in [0.25, 0.3) is 0 Å². The molecule has 0 aliphatic carbocycles. The zero-order chi connectivity index (χ0) is 15.8. The molecule has 0 bridgehead atoms. The van der Waals surface area contributed by atoms with Crippen molar-refractivity contribution in [1.82, 2.24) is 15.5 Å². The number of halogens is 1. The summed E-state index contributed by atoms with van der Waals surface area (Å²) in [5.74, 6) is -0.133. The Hall–Kier alpha value is -1.75. The summed E-state index contributed by atoms with van der Waals surface area (Å²) >= 11 is 5.81. The van der Waals surface area contributed by atoms with Crippen LogP contribution in [-0.4, -0.2) is 43.5 Å². The second-order valence-corrected chi connectivity index (χ2v) is 5.52. The number of nitrogens with zero attached hydrogens (tertiary/aromatic N) is 1. The Labute approximate surface area is 130 Å². The summed E-state index contributed by atoms with van der Waals surface area (Å²) in [6, 6.07) is 6.79. The SMILES string of the molecule is C[C@H](NC(=O)NCCCc1ccc(Cl)cc1)C(=O)N(C)C. The first-order valence-electron chi connectivity index (χ1n) is 6.90. The zero-order valence-corrected chi connectivity index (χ0v) is 13.4. The largest absolute Gasteiger partial charge is 0.347 e. The molecule has 0 fully saturated rings. The molecule has 116 valence electrons. The van der Waals surface area contributed by atoms with Gasteiger partial charge < -0.3 is 15.5 Å². The fourth-order valence-electron chi connectivity index (χ4n) is 1.84. The van der Waals surface area contributed by atoms with Crippen molar-refractivity contribution >= 4 is 23.5 Å². The molecule has 0 saturated heterocycles. The fourth-order valence-corrected chi connectivity index (χ4v) is 1.97. The van der Waals surface area contributed by atoms with Gasteiger partial charge in [-0.1, -0.05) is 23.7 Å². The van der Waals surface area contributed by atoms with Crippen LogP contribution >= 0.6 is 11.6 Å². The molecule has 0 aliphatic heterocycles. The number of carbonyl (C=O) groups is 2. The number of nitrogens with one attached hydrogen (secondary N) is 2. The van der Waals surface area contributed by atoms with Gasteiger partial charge in [-0.2, -0.15) is 0 Å². The minimum Gasteiger partial charge on any atom is -0.347 e. The highest BCUT2D eigenvalue weighted by atomic mass is 35.5. The highest BCUT2D eigenvalue weighted by Crippen LogP contribution is 2.10. The minimum atomic E-state index is -0.531. The Morgan fingerprint density at radius 1 is 1.24 bits per heavy atom. The molecule has 0 aromatic heterocycles. The molecule has 6 heteroatoms. The summed E-state index contributed by atoms with van der Waals surface area (Å²) in [6.45, 7) is 2.22. The van der Waals surface area contributed by atoms with Gasteiger partial charge in [0.15, 0.2) is 0 Å². The summed E-state index contributed by atoms with van der Waals surface area (Å²) in [4.78, 5) is 24.7. The van der Waals surface area contributed by atoms with Gasteiger partial charge in [-0.15, -0.1) is 0 Å². The Morgan fingerprint density at radius 3 is 2.43 bits per heavy atom. The van der Waals surface area contributed by atoms with Crippen LogP contribution in [0.1, 0.15) is 18.9 Å². The van der Waals surface area contributed by atoms with E-state index in [-0.39, 0.29) is 11.9 Å². The van der Waals surface area contributed by atoms with Gasteiger partial charge in [0, 0.05) is 25.7 Å². The number of benzene rings is 1. The Balaban J connectivity index is 2.21. The Bertz CT molecular complexity index is 474. The number of urea groups is 1. The summed E-state index contributed by atoms with van der Waals surface area (Å²) in [5, 5.41) is 6.07. The van der Waals surface area contributed by atoms with Crippen molar-refractivity contribution in [3.05, 3.63) is 34.9 Å². The van der Waals surface area contributed by atoms with Crippen molar-refractivity contribution in [3.8, 4) is 0 Å². The van der Waals surface area contributed by atoms with E-state index in [4.69, 9.17) is 11.6 Å². The summed E-state index contributed by atoms with van der Waals surface area (Å²) < 4.78 is 0. The molecule has 1 aromatic carbocycles. The third kappa shape index (κ3) is 6.49. The van der Waals surface area contributed by atoms with Gasteiger partial charge in [0.05, 0.1) is 0 Å². The third-order valence-electron chi connectivity index (χ3n) is 3.00. The molecule has 0 heterocycles. The van der Waals surface area contributed by atoms with E-state index in [0.29, 0.717) is 6.54 Å². The van der Waals surface area contributed by atoms with Gasteiger partial charge in [-0.05, 0) is 37.5 Å². The molecule has 3 amide bonds. The predicted molar refractivity (Wildman–Crippen MR) is 84.5 cm³/mol. The molecule has 0 unspecified atom stereocenters. The van der Waals surface area contributed by atoms with Crippen LogP contribution in [0.15, 0.2) is 24.3 Å². The van der Waals surface area contributed by atoms with Crippen LogP contribution in [0.4, 0.5) is 4.79 Å². The van der Waals surface area contributed by atoms with E-state index < -0.39 is 6.04 Å². The maximum absolute atomic E-state index is 11.6. The number of amides is 3. The van der Waals surface area contributed by atoms with Gasteiger partial charge in [0.2, 0.25) is 5.91 Å². The third-order valence-corrected chi connectivity index (χ3v) is 3.25. The molecular weight excluding hydrogens is 290 g/mol. The number of likely N-dealkylation sites (N-methyl/N-ethyl adjacent to an activating group) is 1. The highest BCUT2D eigenvalue weighted by Gasteiger charge is 2.16. The average Bonchev–Trinajstić information content (AvgIpc) is 2.44. The Kier molecular flexibility index (Phi) is 7.02. The van der Waals surface area contributed by atoms with Gasteiger partial charge in [0.25, 0.3) is 0 Å². The molecule has 2 N–H and O–H groups in total. The second kappa shape index (κ2) is 8.52. The second-order valence-electron chi connectivity index (χ2n) is 5.08. The lowest BCUT2D eigenvalue weighted by Gasteiger charge is -2.18. The molecule has 1 atom stereocenters. The minimum absolute atomic E-state index is 0.133. The molecule has 0 saturated carbocycles. The van der Waals surface area contributed by atoms with Gasteiger partial charge >= 0.3 is 6.03 Å². The van der Waals surface area contributed by atoms with Crippen molar-refractivity contribution in [2.45, 2.75) is 25.8 Å². The van der Waals surface area contributed by atoms with E-state index in [1.54, 1.807) is 21.0 Å². The summed E-state index contributed by atoms with van der Waals surface area (Å²) in [6.07, 6.45) is 1.69. The van der Waals surface area contributed by atoms with Crippen LogP contribution in [-0.2, 0) is 11.2 Å². The zero-order valence-electron chi connectivity index (χ0n) is 12.6. The number of carbonyl (C=O) groups excluding carboxylic acids is 2. The normalized spacial score (nSPS) is 11.6. The maximum Gasteiger partial charge on any atom is 0.315 e. The van der Waals surface area contributed by atoms with Gasteiger partial charge in [-0.25, -0.2) is 4.79 Å². The van der Waals surface area contributed by atoms with E-state index in [1.807, 2.05) is 24.3 Å². The van der Waals surface area contributed by atoms with E-state index in [0.717, 1.165) is 17.9 Å². The first-order chi connectivity index (χ1) is 9.90. The number of aryl methyl sites for hydroxylation is 1. The summed E-state index contributed by atoms with van der Waals surface area (Å²) in [7, 11) is 3.31. The molecule has 0 aliphatic rings. The first-order valence-corrected chi connectivity index (χ1v) is 7.28. The van der Waals surface area contributed by atoms with Crippen LogP contribution < -0.4 is 10.6 Å². The van der Waals surface area contributed by atoms with Crippen LogP contribution in [0, 0.1) is 0 Å². The van der Waals surface area contributed by atoms with Crippen LogP contribution in [0.5, 0.6) is 0 Å². The average molecular weight is 312 g/mol. The molecule has 1 aromatic rings. The quantitative estimate of drug-likeness (QED) is 0.790. The summed E-state index contributed by atoms with van der Waals surface area (Å²) in [5.41, 5.74) is 1.18. The number of hydrogen-bond donors (Lipinski definition) is 2. The lowest BCUT2D eigenvalue weighted by molar-refractivity contribution is -0.130. The molecular formula is C15H22ClN3O2. The van der Waals surface area contributed by atoms with Crippen molar-refractivity contribution < 1.29 is 9.59 Å². The molecule has 1 rings (SSSR count). The molecule has 21 heavy (non-hydrogen) atoms. The highest BCUT2D eigenvalue weighted by molar-refractivity contribution is 6.30. The van der Waals surface area contributed by atoms with E-state index in [1.165, 1.54) is 10.5 Å². The van der Waals surface area contributed by atoms with Crippen molar-refractivity contribution in [2.24, 2.45) is 0 Å². The van der Waals surface area contributed by atoms with Crippen molar-refractivity contribution in [3.63, 3.8) is 0 Å². The lowest BCUT2D eigenvalue weighted by Crippen LogP contribution is -2.48. The number of hydrogen-bond acceptors (Lipinski definition) is 2. The van der Waals surface area contributed by atoms with Crippen LogP contribution in [0.3, 0.4) is 0 Å². The van der Waals surface area contributed by atoms with Gasteiger partial charge in [-0.3, -0.25) is 4.79 Å². The topological polar surface area (TPSA) is 61.4 Å². The van der Waals surface area contributed by atoms with E-state index in [2.05, 4.69) is 10.6 Å². The predicted octanol–water partition coefficient (Wildman–Crippen LogP) is 2.05. The van der Waals surface area contributed by atoms with Crippen molar-refractivity contribution in [1.29, 1.82) is 0 Å². The molecule has 5 nitrogen and oxygen atoms in total.